The molecule has 0 radical (unpaired) electrons. The Hall–Kier alpha value is -1.03. The van der Waals surface area contributed by atoms with E-state index in [1.165, 1.54) is 6.07 Å². The van der Waals surface area contributed by atoms with E-state index >= 15 is 0 Å². The molecule has 0 bridgehead atoms. The Kier molecular flexibility index (Phi) is 2.03. The lowest BCUT2D eigenvalue weighted by atomic mass is 10.2. The summed E-state index contributed by atoms with van der Waals surface area (Å²) in [7, 11) is 0. The molecule has 2 rings (SSSR count). The first-order valence-corrected chi connectivity index (χ1v) is 4.86. The second-order valence-corrected chi connectivity index (χ2v) is 4.23. The number of fused-ring (bicyclic) bond motifs is 1. The smallest absolute Gasteiger partial charge is 0.165 e. The van der Waals surface area contributed by atoms with Gasteiger partial charge in [0.25, 0.3) is 0 Å². The van der Waals surface area contributed by atoms with Gasteiger partial charge in [-0.15, -0.1) is 11.3 Å². The normalized spacial score (nSPS) is 12.3. The quantitative estimate of drug-likeness (QED) is 0.618. The maximum Gasteiger partial charge on any atom is 0.425 e. The Morgan fingerprint density at radius 2 is 1.86 bits per heavy atom. The number of alkyl halides is 3. The minimum atomic E-state index is -4.22. The third-order valence-corrected chi connectivity index (χ3v) is 3.10. The molecule has 1 heterocycles. The maximum absolute atomic E-state index is 12.3. The summed E-state index contributed by atoms with van der Waals surface area (Å²) in [6.07, 6.45) is -4.22. The molecule has 0 aliphatic heterocycles. The van der Waals surface area contributed by atoms with E-state index in [1.54, 1.807) is 12.1 Å². The SMILES string of the molecule is Cc1ccc2cc(C(F)(F)F)sc2c1. The third-order valence-electron chi connectivity index (χ3n) is 1.95. The lowest BCUT2D eigenvalue weighted by Crippen LogP contribution is -2.00. The highest BCUT2D eigenvalue weighted by Gasteiger charge is 2.32. The zero-order valence-electron chi connectivity index (χ0n) is 7.35. The molecular formula is C10H7F3S. The van der Waals surface area contributed by atoms with Crippen molar-refractivity contribution in [2.75, 3.05) is 0 Å². The first-order chi connectivity index (χ1) is 6.47. The van der Waals surface area contributed by atoms with E-state index in [-0.39, 0.29) is 0 Å². The summed E-state index contributed by atoms with van der Waals surface area (Å²) in [6.45, 7) is 1.87. The number of hydrogen-bond donors (Lipinski definition) is 0. The van der Waals surface area contributed by atoms with E-state index in [4.69, 9.17) is 0 Å². The molecule has 0 N–H and O–H groups in total. The predicted octanol–water partition coefficient (Wildman–Crippen LogP) is 4.23. The van der Waals surface area contributed by atoms with Gasteiger partial charge in [0.2, 0.25) is 0 Å². The maximum atomic E-state index is 12.3. The van der Waals surface area contributed by atoms with E-state index < -0.39 is 11.1 Å². The summed E-state index contributed by atoms with van der Waals surface area (Å²) in [5.41, 5.74) is 0.980. The van der Waals surface area contributed by atoms with E-state index in [1.807, 2.05) is 13.0 Å². The van der Waals surface area contributed by atoms with E-state index in [2.05, 4.69) is 0 Å². The average Bonchev–Trinajstić information content (AvgIpc) is 2.45. The molecule has 14 heavy (non-hydrogen) atoms. The lowest BCUT2D eigenvalue weighted by Gasteiger charge is -1.99. The van der Waals surface area contributed by atoms with E-state index in [0.29, 0.717) is 10.1 Å². The van der Waals surface area contributed by atoms with Crippen molar-refractivity contribution in [2.45, 2.75) is 13.1 Å². The lowest BCUT2D eigenvalue weighted by molar-refractivity contribution is -0.134. The molecule has 0 amide bonds. The highest BCUT2D eigenvalue weighted by atomic mass is 32.1. The molecule has 74 valence electrons. The summed E-state index contributed by atoms with van der Waals surface area (Å²) in [4.78, 5) is -0.530. The van der Waals surface area contributed by atoms with Crippen molar-refractivity contribution >= 4 is 21.4 Å². The van der Waals surface area contributed by atoms with Crippen LogP contribution in [0, 0.1) is 6.92 Å². The van der Waals surface area contributed by atoms with Gasteiger partial charge < -0.3 is 0 Å². The number of thiophene rings is 1. The molecule has 0 saturated carbocycles. The monoisotopic (exact) mass is 216 g/mol. The van der Waals surface area contributed by atoms with Crippen molar-refractivity contribution < 1.29 is 13.2 Å². The van der Waals surface area contributed by atoms with Crippen LogP contribution in [-0.4, -0.2) is 0 Å². The highest BCUT2D eigenvalue weighted by molar-refractivity contribution is 7.19. The van der Waals surface area contributed by atoms with Crippen molar-refractivity contribution in [3.63, 3.8) is 0 Å². The number of rotatable bonds is 0. The fraction of sp³-hybridized carbons (Fsp3) is 0.200. The molecule has 0 saturated heterocycles. The summed E-state index contributed by atoms with van der Waals surface area (Å²) < 4.78 is 37.7. The summed E-state index contributed by atoms with van der Waals surface area (Å²) in [5.74, 6) is 0. The highest BCUT2D eigenvalue weighted by Crippen LogP contribution is 2.38. The van der Waals surface area contributed by atoms with Gasteiger partial charge in [0.1, 0.15) is 4.88 Å². The molecule has 4 heteroatoms. The van der Waals surface area contributed by atoms with Crippen LogP contribution in [0.4, 0.5) is 13.2 Å². The van der Waals surface area contributed by atoms with E-state index in [9.17, 15) is 13.2 Å². The molecular weight excluding hydrogens is 209 g/mol. The van der Waals surface area contributed by atoms with Gasteiger partial charge in [-0.05, 0) is 30.0 Å². The molecule has 0 nitrogen and oxygen atoms in total. The van der Waals surface area contributed by atoms with Crippen LogP contribution in [0.3, 0.4) is 0 Å². The van der Waals surface area contributed by atoms with Gasteiger partial charge >= 0.3 is 6.18 Å². The van der Waals surface area contributed by atoms with Crippen LogP contribution < -0.4 is 0 Å². The van der Waals surface area contributed by atoms with Crippen molar-refractivity contribution in [2.24, 2.45) is 0 Å². The molecule has 1 aromatic carbocycles. The van der Waals surface area contributed by atoms with Gasteiger partial charge in [0.15, 0.2) is 0 Å². The molecule has 0 atom stereocenters. The third kappa shape index (κ3) is 1.62. The fourth-order valence-electron chi connectivity index (χ4n) is 1.28. The van der Waals surface area contributed by atoms with Crippen molar-refractivity contribution in [1.29, 1.82) is 0 Å². The Labute approximate surface area is 83.0 Å². The molecule has 1 aromatic heterocycles. The van der Waals surface area contributed by atoms with E-state index in [0.717, 1.165) is 16.9 Å². The van der Waals surface area contributed by atoms with Gasteiger partial charge in [-0.3, -0.25) is 0 Å². The predicted molar refractivity (Wildman–Crippen MR) is 51.6 cm³/mol. The Morgan fingerprint density at radius 3 is 2.50 bits per heavy atom. The number of aryl methyl sites for hydroxylation is 1. The van der Waals surface area contributed by atoms with Crippen LogP contribution in [0.25, 0.3) is 10.1 Å². The van der Waals surface area contributed by atoms with Crippen LogP contribution >= 0.6 is 11.3 Å². The Morgan fingerprint density at radius 1 is 1.14 bits per heavy atom. The molecule has 0 unspecified atom stereocenters. The minimum Gasteiger partial charge on any atom is -0.165 e. The first-order valence-electron chi connectivity index (χ1n) is 4.04. The second-order valence-electron chi connectivity index (χ2n) is 3.15. The zero-order chi connectivity index (χ0) is 10.3. The number of hydrogen-bond acceptors (Lipinski definition) is 1. The minimum absolute atomic E-state index is 0.530. The second kappa shape index (κ2) is 2.98. The van der Waals surface area contributed by atoms with Crippen molar-refractivity contribution in [1.82, 2.24) is 0 Å². The summed E-state index contributed by atoms with van der Waals surface area (Å²) >= 11 is 0.793. The fourth-order valence-corrected chi connectivity index (χ4v) is 2.31. The Bertz CT molecular complexity index is 468. The number of halogens is 3. The van der Waals surface area contributed by atoms with Crippen LogP contribution in [0.5, 0.6) is 0 Å². The summed E-state index contributed by atoms with van der Waals surface area (Å²) in [5, 5.41) is 0.660. The van der Waals surface area contributed by atoms with Crippen molar-refractivity contribution in [3.8, 4) is 0 Å². The summed E-state index contributed by atoms with van der Waals surface area (Å²) in [6, 6.07) is 6.50. The van der Waals surface area contributed by atoms with Crippen LogP contribution in [0.15, 0.2) is 24.3 Å². The van der Waals surface area contributed by atoms with Gasteiger partial charge in [-0.2, -0.15) is 13.2 Å². The average molecular weight is 216 g/mol. The largest absolute Gasteiger partial charge is 0.425 e. The topological polar surface area (TPSA) is 0 Å². The molecule has 0 spiro atoms. The first kappa shape index (κ1) is 9.52. The van der Waals surface area contributed by atoms with Gasteiger partial charge in [0.05, 0.1) is 0 Å². The van der Waals surface area contributed by atoms with Crippen LogP contribution in [0.1, 0.15) is 10.4 Å². The van der Waals surface area contributed by atoms with Gasteiger partial charge in [-0.25, -0.2) is 0 Å². The molecule has 0 fully saturated rings. The Balaban J connectivity index is 2.63. The standard InChI is InChI=1S/C10H7F3S/c1-6-2-3-7-5-9(10(11,12)13)14-8(7)4-6/h2-5H,1H3. The molecule has 0 aliphatic carbocycles. The zero-order valence-corrected chi connectivity index (χ0v) is 8.17. The van der Waals surface area contributed by atoms with Gasteiger partial charge in [0, 0.05) is 4.70 Å². The van der Waals surface area contributed by atoms with Crippen molar-refractivity contribution in [3.05, 3.63) is 34.7 Å². The van der Waals surface area contributed by atoms with Crippen LogP contribution in [0.2, 0.25) is 0 Å². The number of benzene rings is 1. The molecule has 2 aromatic rings. The van der Waals surface area contributed by atoms with Gasteiger partial charge in [-0.1, -0.05) is 12.1 Å². The van der Waals surface area contributed by atoms with Crippen LogP contribution in [-0.2, 0) is 6.18 Å². The molecule has 0 aliphatic rings.